The maximum Gasteiger partial charge on any atom is 0.269 e. The van der Waals surface area contributed by atoms with Gasteiger partial charge in [-0.2, -0.15) is 0 Å². The van der Waals surface area contributed by atoms with Gasteiger partial charge in [-0.15, -0.1) is 0 Å². The molecule has 3 N–H and O–H groups in total. The number of anilines is 1. The Balaban J connectivity index is 3.37. The van der Waals surface area contributed by atoms with Crippen LogP contribution in [0.15, 0.2) is 11.0 Å². The van der Waals surface area contributed by atoms with E-state index in [4.69, 9.17) is 5.73 Å². The molecule has 0 radical (unpaired) electrons. The number of hydrogen-bond acceptors (Lipinski definition) is 3. The first kappa shape index (κ1) is 9.50. The average molecular weight is 190 g/mol. The predicted octanol–water partition coefficient (Wildman–Crippen LogP) is 0.903. The first-order valence-corrected chi connectivity index (χ1v) is 3.41. The van der Waals surface area contributed by atoms with Gasteiger partial charge in [0.15, 0.2) is 0 Å². The Morgan fingerprint density at radius 2 is 2.23 bits per heavy atom. The molecule has 0 aliphatic rings. The summed E-state index contributed by atoms with van der Waals surface area (Å²) in [6.07, 6.45) is -1.96. The van der Waals surface area contributed by atoms with Crippen molar-refractivity contribution < 1.29 is 13.5 Å². The Morgan fingerprint density at radius 3 is 2.69 bits per heavy atom. The number of methoxy groups -OCH3 is 1. The molecule has 0 aliphatic carbocycles. The molecule has 0 amide bonds. The number of nitrogen functional groups attached to an aromatic ring is 1. The van der Waals surface area contributed by atoms with Crippen molar-refractivity contribution in [2.24, 2.45) is 0 Å². The molecule has 0 unspecified atom stereocenters. The highest BCUT2D eigenvalue weighted by Crippen LogP contribution is 2.19. The molecule has 13 heavy (non-hydrogen) atoms. The van der Waals surface area contributed by atoms with E-state index in [0.29, 0.717) is 0 Å². The highest BCUT2D eigenvalue weighted by molar-refractivity contribution is 5.47. The molecule has 72 valence electrons. The van der Waals surface area contributed by atoms with Gasteiger partial charge in [-0.3, -0.25) is 4.79 Å². The number of ether oxygens (including phenoxy) is 1. The first-order chi connectivity index (χ1) is 6.07. The number of alkyl halides is 2. The van der Waals surface area contributed by atoms with Gasteiger partial charge in [-0.1, -0.05) is 0 Å². The second-order valence-electron chi connectivity index (χ2n) is 2.32. The zero-order valence-electron chi connectivity index (χ0n) is 6.80. The second-order valence-corrected chi connectivity index (χ2v) is 2.32. The zero-order valence-corrected chi connectivity index (χ0v) is 6.80. The molecule has 0 bridgehead atoms. The fourth-order valence-electron chi connectivity index (χ4n) is 0.905. The van der Waals surface area contributed by atoms with Crippen molar-refractivity contribution >= 4 is 5.82 Å². The van der Waals surface area contributed by atoms with Crippen molar-refractivity contribution in [1.29, 1.82) is 0 Å². The Kier molecular flexibility index (Phi) is 2.50. The van der Waals surface area contributed by atoms with Crippen LogP contribution in [-0.4, -0.2) is 12.1 Å². The molecule has 0 saturated carbocycles. The van der Waals surface area contributed by atoms with Crippen LogP contribution >= 0.6 is 0 Å². The van der Waals surface area contributed by atoms with Crippen LogP contribution in [0, 0.1) is 0 Å². The zero-order chi connectivity index (χ0) is 10.0. The van der Waals surface area contributed by atoms with E-state index >= 15 is 0 Å². The summed E-state index contributed by atoms with van der Waals surface area (Å²) >= 11 is 0. The van der Waals surface area contributed by atoms with Gasteiger partial charge in [0.25, 0.3) is 6.43 Å². The van der Waals surface area contributed by atoms with Crippen molar-refractivity contribution in [3.8, 4) is 5.75 Å². The van der Waals surface area contributed by atoms with Gasteiger partial charge in [0.05, 0.1) is 12.7 Å². The van der Waals surface area contributed by atoms with Crippen molar-refractivity contribution in [3.05, 3.63) is 22.0 Å². The Labute approximate surface area is 72.3 Å². The molecule has 4 nitrogen and oxygen atoms in total. The third-order valence-electron chi connectivity index (χ3n) is 1.54. The minimum absolute atomic E-state index is 0.0584. The molecule has 1 aromatic rings. The summed E-state index contributed by atoms with van der Waals surface area (Å²) in [6, 6.07) is 0. The predicted molar refractivity (Wildman–Crippen MR) is 43.0 cm³/mol. The number of H-pyrrole nitrogens is 1. The average Bonchev–Trinajstić information content (AvgIpc) is 2.04. The smallest absolute Gasteiger partial charge is 0.269 e. The number of aromatic nitrogens is 1. The summed E-state index contributed by atoms with van der Waals surface area (Å²) in [5, 5.41) is 0. The molecule has 1 heterocycles. The lowest BCUT2D eigenvalue weighted by Gasteiger charge is -2.05. The maximum atomic E-state index is 12.2. The third kappa shape index (κ3) is 1.61. The van der Waals surface area contributed by atoms with E-state index in [0.717, 1.165) is 6.20 Å². The third-order valence-corrected chi connectivity index (χ3v) is 1.54. The van der Waals surface area contributed by atoms with Crippen molar-refractivity contribution in [1.82, 2.24) is 4.98 Å². The normalized spacial score (nSPS) is 10.5. The summed E-state index contributed by atoms with van der Waals surface area (Å²) < 4.78 is 28.9. The Hall–Kier alpha value is -1.59. The topological polar surface area (TPSA) is 68.1 Å². The quantitative estimate of drug-likeness (QED) is 0.728. The summed E-state index contributed by atoms with van der Waals surface area (Å²) in [6.45, 7) is 0. The van der Waals surface area contributed by atoms with Crippen molar-refractivity contribution in [2.75, 3.05) is 12.8 Å². The SMILES string of the molecule is COc1c(N)[nH]cc(C(F)F)c1=O. The molecule has 0 spiro atoms. The molecular formula is C7H8F2N2O2. The lowest BCUT2D eigenvalue weighted by atomic mass is 10.2. The van der Waals surface area contributed by atoms with E-state index < -0.39 is 17.4 Å². The number of hydrogen-bond donors (Lipinski definition) is 2. The molecule has 0 saturated heterocycles. The fraction of sp³-hybridized carbons (Fsp3) is 0.286. The molecule has 1 rings (SSSR count). The van der Waals surface area contributed by atoms with E-state index in [1.54, 1.807) is 0 Å². The number of rotatable bonds is 2. The van der Waals surface area contributed by atoms with Crippen LogP contribution in [-0.2, 0) is 0 Å². The highest BCUT2D eigenvalue weighted by Gasteiger charge is 2.16. The highest BCUT2D eigenvalue weighted by atomic mass is 19.3. The van der Waals surface area contributed by atoms with Gasteiger partial charge in [-0.25, -0.2) is 8.78 Å². The van der Waals surface area contributed by atoms with Crippen molar-refractivity contribution in [2.45, 2.75) is 6.43 Å². The lowest BCUT2D eigenvalue weighted by Crippen LogP contribution is -2.15. The molecule has 6 heteroatoms. The Bertz CT molecular complexity index is 362. The minimum atomic E-state index is -2.83. The molecule has 0 atom stereocenters. The number of pyridine rings is 1. The Morgan fingerprint density at radius 1 is 1.62 bits per heavy atom. The van der Waals surface area contributed by atoms with Gasteiger partial charge in [0.1, 0.15) is 5.82 Å². The summed E-state index contributed by atoms with van der Waals surface area (Å²) in [7, 11) is 1.19. The van der Waals surface area contributed by atoms with E-state index in [1.165, 1.54) is 7.11 Å². The molecule has 0 fully saturated rings. The standard InChI is InChI=1S/C7H8F2N2O2/c1-13-5-4(12)3(6(8)9)2-11-7(5)10/h2,6H,1H3,(H3,10,11,12). The largest absolute Gasteiger partial charge is 0.490 e. The summed E-state index contributed by atoms with van der Waals surface area (Å²) in [5.41, 5.74) is 3.75. The van der Waals surface area contributed by atoms with Crippen molar-refractivity contribution in [3.63, 3.8) is 0 Å². The van der Waals surface area contributed by atoms with Crippen LogP contribution in [0.3, 0.4) is 0 Å². The number of nitrogens with one attached hydrogen (secondary N) is 1. The van der Waals surface area contributed by atoms with Crippen LogP contribution in [0.2, 0.25) is 0 Å². The summed E-state index contributed by atoms with van der Waals surface area (Å²) in [4.78, 5) is 13.5. The van der Waals surface area contributed by atoms with E-state index in [9.17, 15) is 13.6 Å². The second kappa shape index (κ2) is 3.42. The number of nitrogens with two attached hydrogens (primary N) is 1. The maximum absolute atomic E-state index is 12.2. The van der Waals surface area contributed by atoms with Gasteiger partial charge >= 0.3 is 0 Å². The van der Waals surface area contributed by atoms with Gasteiger partial charge in [0.2, 0.25) is 11.2 Å². The minimum Gasteiger partial charge on any atom is -0.490 e. The van der Waals surface area contributed by atoms with Crippen LogP contribution in [0.25, 0.3) is 0 Å². The van der Waals surface area contributed by atoms with Crippen LogP contribution in [0.4, 0.5) is 14.6 Å². The molecule has 1 aromatic heterocycles. The number of aromatic amines is 1. The molecule has 0 aliphatic heterocycles. The van der Waals surface area contributed by atoms with Crippen LogP contribution in [0.5, 0.6) is 5.75 Å². The van der Waals surface area contributed by atoms with E-state index in [-0.39, 0.29) is 11.6 Å². The van der Waals surface area contributed by atoms with Gasteiger partial charge in [-0.05, 0) is 0 Å². The lowest BCUT2D eigenvalue weighted by molar-refractivity contribution is 0.149. The monoisotopic (exact) mass is 190 g/mol. The van der Waals surface area contributed by atoms with E-state index in [1.807, 2.05) is 0 Å². The van der Waals surface area contributed by atoms with E-state index in [2.05, 4.69) is 9.72 Å². The summed E-state index contributed by atoms with van der Waals surface area (Å²) in [5.74, 6) is -0.338. The van der Waals surface area contributed by atoms with Gasteiger partial charge in [0, 0.05) is 6.20 Å². The van der Waals surface area contributed by atoms with Crippen LogP contribution in [0.1, 0.15) is 12.0 Å². The van der Waals surface area contributed by atoms with Gasteiger partial charge < -0.3 is 15.5 Å². The van der Waals surface area contributed by atoms with Crippen LogP contribution < -0.4 is 15.9 Å². The molecule has 0 aromatic carbocycles. The number of halogens is 2. The molecular weight excluding hydrogens is 182 g/mol. The fourth-order valence-corrected chi connectivity index (χ4v) is 0.905. The first-order valence-electron chi connectivity index (χ1n) is 3.41.